The van der Waals surface area contributed by atoms with Gasteiger partial charge in [0.05, 0.1) is 11.4 Å². The lowest BCUT2D eigenvalue weighted by Gasteiger charge is -2.06. The van der Waals surface area contributed by atoms with Gasteiger partial charge in [-0.3, -0.25) is 4.79 Å². The minimum absolute atomic E-state index is 0.254. The van der Waals surface area contributed by atoms with Crippen LogP contribution in [0.2, 0.25) is 0 Å². The van der Waals surface area contributed by atoms with Crippen LogP contribution in [0.3, 0.4) is 0 Å². The van der Waals surface area contributed by atoms with Crippen LogP contribution in [-0.4, -0.2) is 26.1 Å². The Morgan fingerprint density at radius 3 is 2.57 bits per heavy atom. The standard InChI is InChI=1S/C16H17N5O2/c1-9-5-6-13(7-10(9)2)21-12(4)15(18-20-21)16(22)17-14-8-11(3)23-19-14/h5-8H,1-4H3,(H,17,19,22). The van der Waals surface area contributed by atoms with E-state index in [0.29, 0.717) is 17.3 Å². The van der Waals surface area contributed by atoms with Crippen molar-refractivity contribution in [1.82, 2.24) is 20.2 Å². The molecule has 2 heterocycles. The molecule has 3 rings (SSSR count). The van der Waals surface area contributed by atoms with Crippen LogP contribution in [0.15, 0.2) is 28.8 Å². The summed E-state index contributed by atoms with van der Waals surface area (Å²) < 4.78 is 6.57. The zero-order valence-electron chi connectivity index (χ0n) is 13.4. The molecule has 23 heavy (non-hydrogen) atoms. The number of aryl methyl sites for hydroxylation is 3. The van der Waals surface area contributed by atoms with Crippen LogP contribution >= 0.6 is 0 Å². The van der Waals surface area contributed by atoms with Crippen molar-refractivity contribution in [2.75, 3.05) is 5.32 Å². The molecule has 3 aromatic rings. The second kappa shape index (κ2) is 5.68. The van der Waals surface area contributed by atoms with E-state index >= 15 is 0 Å². The predicted molar refractivity (Wildman–Crippen MR) is 84.8 cm³/mol. The van der Waals surface area contributed by atoms with E-state index in [1.54, 1.807) is 24.6 Å². The van der Waals surface area contributed by atoms with Gasteiger partial charge < -0.3 is 9.84 Å². The van der Waals surface area contributed by atoms with Gasteiger partial charge in [0.2, 0.25) is 0 Å². The van der Waals surface area contributed by atoms with Gasteiger partial charge in [0, 0.05) is 6.07 Å². The molecule has 1 N–H and O–H groups in total. The molecular weight excluding hydrogens is 294 g/mol. The molecule has 0 fully saturated rings. The normalized spacial score (nSPS) is 10.8. The lowest BCUT2D eigenvalue weighted by atomic mass is 10.1. The molecule has 1 aromatic carbocycles. The molecule has 7 nitrogen and oxygen atoms in total. The summed E-state index contributed by atoms with van der Waals surface area (Å²) in [6.07, 6.45) is 0. The van der Waals surface area contributed by atoms with E-state index in [9.17, 15) is 4.79 Å². The highest BCUT2D eigenvalue weighted by Crippen LogP contribution is 2.17. The Balaban J connectivity index is 1.89. The van der Waals surface area contributed by atoms with E-state index in [1.165, 1.54) is 5.56 Å². The molecule has 0 radical (unpaired) electrons. The van der Waals surface area contributed by atoms with Crippen molar-refractivity contribution in [3.63, 3.8) is 0 Å². The van der Waals surface area contributed by atoms with Crippen molar-refractivity contribution in [2.24, 2.45) is 0 Å². The molecule has 118 valence electrons. The highest BCUT2D eigenvalue weighted by atomic mass is 16.5. The van der Waals surface area contributed by atoms with Gasteiger partial charge in [0.1, 0.15) is 5.76 Å². The van der Waals surface area contributed by atoms with Gasteiger partial charge >= 0.3 is 0 Å². The first kappa shape index (κ1) is 15.0. The number of aromatic nitrogens is 4. The first-order valence-electron chi connectivity index (χ1n) is 7.20. The van der Waals surface area contributed by atoms with E-state index in [1.807, 2.05) is 32.0 Å². The fourth-order valence-electron chi connectivity index (χ4n) is 2.24. The lowest BCUT2D eigenvalue weighted by molar-refractivity contribution is 0.102. The third kappa shape index (κ3) is 2.85. The summed E-state index contributed by atoms with van der Waals surface area (Å²) in [5, 5.41) is 14.5. The summed E-state index contributed by atoms with van der Waals surface area (Å²) >= 11 is 0. The molecule has 0 aliphatic rings. The van der Waals surface area contributed by atoms with Crippen LogP contribution in [0.4, 0.5) is 5.82 Å². The third-order valence-corrected chi connectivity index (χ3v) is 3.71. The molecule has 0 atom stereocenters. The smallest absolute Gasteiger partial charge is 0.279 e. The van der Waals surface area contributed by atoms with Crippen LogP contribution in [0, 0.1) is 27.7 Å². The van der Waals surface area contributed by atoms with Crippen LogP contribution < -0.4 is 5.32 Å². The van der Waals surface area contributed by atoms with Crippen molar-refractivity contribution in [3.05, 3.63) is 52.5 Å². The van der Waals surface area contributed by atoms with E-state index in [-0.39, 0.29) is 11.6 Å². The number of hydrogen-bond acceptors (Lipinski definition) is 5. The Labute approximate surface area is 133 Å². The van der Waals surface area contributed by atoms with Crippen LogP contribution in [0.5, 0.6) is 0 Å². The van der Waals surface area contributed by atoms with Crippen molar-refractivity contribution in [1.29, 1.82) is 0 Å². The number of amides is 1. The summed E-state index contributed by atoms with van der Waals surface area (Å²) in [5.74, 6) is 0.606. The number of benzene rings is 1. The second-order valence-corrected chi connectivity index (χ2v) is 5.48. The van der Waals surface area contributed by atoms with E-state index in [0.717, 1.165) is 11.3 Å². The van der Waals surface area contributed by atoms with E-state index < -0.39 is 0 Å². The van der Waals surface area contributed by atoms with Gasteiger partial charge in [-0.05, 0) is 51.0 Å². The van der Waals surface area contributed by atoms with Crippen LogP contribution in [0.1, 0.15) is 33.1 Å². The average molecular weight is 311 g/mol. The molecule has 7 heteroatoms. The highest BCUT2D eigenvalue weighted by Gasteiger charge is 2.18. The monoisotopic (exact) mass is 311 g/mol. The fourth-order valence-corrected chi connectivity index (χ4v) is 2.24. The van der Waals surface area contributed by atoms with Crippen LogP contribution in [0.25, 0.3) is 5.69 Å². The van der Waals surface area contributed by atoms with Crippen molar-refractivity contribution >= 4 is 11.7 Å². The second-order valence-electron chi connectivity index (χ2n) is 5.48. The number of nitrogens with zero attached hydrogens (tertiary/aromatic N) is 4. The minimum Gasteiger partial charge on any atom is -0.360 e. The lowest BCUT2D eigenvalue weighted by Crippen LogP contribution is -2.14. The maximum Gasteiger partial charge on any atom is 0.279 e. The summed E-state index contributed by atoms with van der Waals surface area (Å²) in [5.41, 5.74) is 4.14. The summed E-state index contributed by atoms with van der Waals surface area (Å²) in [6, 6.07) is 7.62. The van der Waals surface area contributed by atoms with Gasteiger partial charge in [-0.2, -0.15) is 0 Å². The summed E-state index contributed by atoms with van der Waals surface area (Å²) in [6.45, 7) is 7.64. The van der Waals surface area contributed by atoms with E-state index in [4.69, 9.17) is 4.52 Å². The number of carbonyl (C=O) groups excluding carboxylic acids is 1. The molecular formula is C16H17N5O2. The predicted octanol–water partition coefficient (Wildman–Crippen LogP) is 2.74. The SMILES string of the molecule is Cc1cc(NC(=O)c2nnn(-c3ccc(C)c(C)c3)c2C)no1. The van der Waals surface area contributed by atoms with Gasteiger partial charge in [0.25, 0.3) is 5.91 Å². The zero-order valence-corrected chi connectivity index (χ0v) is 13.4. The third-order valence-electron chi connectivity index (χ3n) is 3.71. The number of anilines is 1. The van der Waals surface area contributed by atoms with Crippen molar-refractivity contribution < 1.29 is 9.32 Å². The Morgan fingerprint density at radius 2 is 1.91 bits per heavy atom. The highest BCUT2D eigenvalue weighted by molar-refractivity contribution is 6.03. The van der Waals surface area contributed by atoms with Crippen molar-refractivity contribution in [2.45, 2.75) is 27.7 Å². The number of nitrogens with one attached hydrogen (secondary N) is 1. The topological polar surface area (TPSA) is 85.8 Å². The Bertz CT molecular complexity index is 878. The molecule has 0 aliphatic carbocycles. The molecule has 0 saturated heterocycles. The quantitative estimate of drug-likeness (QED) is 0.803. The van der Waals surface area contributed by atoms with E-state index in [2.05, 4.69) is 20.8 Å². The Kier molecular flexibility index (Phi) is 3.69. The van der Waals surface area contributed by atoms with Gasteiger partial charge in [-0.1, -0.05) is 16.4 Å². The zero-order chi connectivity index (χ0) is 16.6. The maximum absolute atomic E-state index is 12.3. The molecule has 0 spiro atoms. The first-order chi connectivity index (χ1) is 11.0. The average Bonchev–Trinajstić information content (AvgIpc) is 3.08. The minimum atomic E-state index is -0.370. The van der Waals surface area contributed by atoms with Crippen LogP contribution in [-0.2, 0) is 0 Å². The molecule has 1 amide bonds. The van der Waals surface area contributed by atoms with Gasteiger partial charge in [-0.25, -0.2) is 4.68 Å². The Morgan fingerprint density at radius 1 is 1.13 bits per heavy atom. The fraction of sp³-hybridized carbons (Fsp3) is 0.250. The largest absolute Gasteiger partial charge is 0.360 e. The number of hydrogen-bond donors (Lipinski definition) is 1. The number of carbonyl (C=O) groups is 1. The molecule has 2 aromatic heterocycles. The van der Waals surface area contributed by atoms with Gasteiger partial charge in [0.15, 0.2) is 11.5 Å². The van der Waals surface area contributed by atoms with Gasteiger partial charge in [-0.15, -0.1) is 5.10 Å². The summed E-state index contributed by atoms with van der Waals surface area (Å²) in [7, 11) is 0. The maximum atomic E-state index is 12.3. The molecule has 0 saturated carbocycles. The summed E-state index contributed by atoms with van der Waals surface area (Å²) in [4.78, 5) is 12.3. The molecule has 0 aliphatic heterocycles. The molecule has 0 unspecified atom stereocenters. The number of rotatable bonds is 3. The van der Waals surface area contributed by atoms with Crippen molar-refractivity contribution in [3.8, 4) is 5.69 Å². The Hall–Kier alpha value is -2.96. The molecule has 0 bridgehead atoms. The first-order valence-corrected chi connectivity index (χ1v) is 7.20.